The number of piperazine rings is 1. The van der Waals surface area contributed by atoms with Crippen LogP contribution in [0.3, 0.4) is 0 Å². The van der Waals surface area contributed by atoms with Gasteiger partial charge >= 0.3 is 0 Å². The summed E-state index contributed by atoms with van der Waals surface area (Å²) in [6, 6.07) is -0.148. The molecule has 0 bridgehead atoms. The average Bonchev–Trinajstić information content (AvgIpc) is 2.74. The molecule has 1 aromatic heterocycles. The number of carbonyl (C=O) groups excluding carboxylic acids is 1. The third kappa shape index (κ3) is 3.39. The topological polar surface area (TPSA) is 53.4 Å². The van der Waals surface area contributed by atoms with Crippen LogP contribution < -0.4 is 5.32 Å². The smallest absolute Gasteiger partial charge is 0.240 e. The van der Waals surface area contributed by atoms with Crippen LogP contribution in [0.4, 0.5) is 0 Å². The lowest BCUT2D eigenvalue weighted by atomic mass is 10.1. The first-order valence-corrected chi connectivity index (χ1v) is 7.71. The summed E-state index contributed by atoms with van der Waals surface area (Å²) in [6.45, 7) is 7.78. The van der Waals surface area contributed by atoms with Crippen LogP contribution >= 0.6 is 11.6 Å². The van der Waals surface area contributed by atoms with Gasteiger partial charge in [-0.2, -0.15) is 5.10 Å². The van der Waals surface area contributed by atoms with Crippen molar-refractivity contribution in [2.75, 3.05) is 33.7 Å². The van der Waals surface area contributed by atoms with E-state index >= 15 is 0 Å². The van der Waals surface area contributed by atoms with Crippen molar-refractivity contribution in [2.45, 2.75) is 33.0 Å². The lowest BCUT2D eigenvalue weighted by Crippen LogP contribution is -2.57. The van der Waals surface area contributed by atoms with Crippen LogP contribution in [0.5, 0.6) is 0 Å². The molecule has 1 aliphatic heterocycles. The van der Waals surface area contributed by atoms with Gasteiger partial charge in [0.1, 0.15) is 6.04 Å². The highest BCUT2D eigenvalue weighted by atomic mass is 35.5. The van der Waals surface area contributed by atoms with Gasteiger partial charge in [-0.05, 0) is 13.8 Å². The van der Waals surface area contributed by atoms with E-state index in [0.717, 1.165) is 31.0 Å². The van der Waals surface area contributed by atoms with Gasteiger partial charge in [0, 0.05) is 46.8 Å². The molecule has 1 N–H and O–H groups in total. The van der Waals surface area contributed by atoms with Gasteiger partial charge < -0.3 is 10.2 Å². The maximum absolute atomic E-state index is 12.3. The zero-order valence-corrected chi connectivity index (χ0v) is 13.9. The van der Waals surface area contributed by atoms with Gasteiger partial charge in [0.2, 0.25) is 5.91 Å². The fourth-order valence-corrected chi connectivity index (χ4v) is 2.88. The SMILES string of the molecule is CCn1nc(C)c(Cl)c1CN1CCNCC1C(=O)N(C)C. The summed E-state index contributed by atoms with van der Waals surface area (Å²) >= 11 is 6.38. The number of hydrogen-bond donors (Lipinski definition) is 1. The molecule has 0 saturated carbocycles. The first kappa shape index (κ1) is 16.3. The summed E-state index contributed by atoms with van der Waals surface area (Å²) < 4.78 is 1.93. The first-order chi connectivity index (χ1) is 9.95. The van der Waals surface area contributed by atoms with Gasteiger partial charge in [0.15, 0.2) is 0 Å². The summed E-state index contributed by atoms with van der Waals surface area (Å²) in [7, 11) is 3.59. The van der Waals surface area contributed by atoms with Crippen LogP contribution in [0.2, 0.25) is 5.02 Å². The largest absolute Gasteiger partial charge is 0.347 e. The zero-order chi connectivity index (χ0) is 15.6. The number of rotatable bonds is 4. The molecule has 1 amide bonds. The second kappa shape index (κ2) is 6.77. The highest BCUT2D eigenvalue weighted by Crippen LogP contribution is 2.23. The monoisotopic (exact) mass is 313 g/mol. The molecule has 0 radical (unpaired) electrons. The molecule has 0 spiro atoms. The second-order valence-electron chi connectivity index (χ2n) is 5.58. The van der Waals surface area contributed by atoms with Crippen molar-refractivity contribution in [1.29, 1.82) is 0 Å². The molecule has 1 unspecified atom stereocenters. The molecular formula is C14H24ClN5O. The molecule has 1 fully saturated rings. The number of nitrogens with one attached hydrogen (secondary N) is 1. The minimum Gasteiger partial charge on any atom is -0.347 e. The minimum absolute atomic E-state index is 0.123. The van der Waals surface area contributed by atoms with E-state index in [0.29, 0.717) is 18.1 Å². The standard InChI is InChI=1S/C14H24ClN5O/c1-5-20-12(13(15)10(2)17-20)9-19-7-6-16-8-11(19)14(21)18(3)4/h11,16H,5-9H2,1-4H3. The molecule has 2 heterocycles. The van der Waals surface area contributed by atoms with E-state index < -0.39 is 0 Å². The molecule has 21 heavy (non-hydrogen) atoms. The van der Waals surface area contributed by atoms with Gasteiger partial charge in [-0.1, -0.05) is 11.6 Å². The Bertz CT molecular complexity index is 514. The van der Waals surface area contributed by atoms with Gasteiger partial charge in [0.25, 0.3) is 0 Å². The Hall–Kier alpha value is -1.11. The maximum atomic E-state index is 12.3. The van der Waals surface area contributed by atoms with Crippen molar-refractivity contribution in [3.63, 3.8) is 0 Å². The molecular weight excluding hydrogens is 290 g/mol. The van der Waals surface area contributed by atoms with Gasteiger partial charge in [-0.3, -0.25) is 14.4 Å². The van der Waals surface area contributed by atoms with Crippen molar-refractivity contribution in [1.82, 2.24) is 24.9 Å². The van der Waals surface area contributed by atoms with Crippen molar-refractivity contribution >= 4 is 17.5 Å². The fraction of sp³-hybridized carbons (Fsp3) is 0.714. The summed E-state index contributed by atoms with van der Waals surface area (Å²) in [4.78, 5) is 16.2. The van der Waals surface area contributed by atoms with E-state index in [1.165, 1.54) is 0 Å². The first-order valence-electron chi connectivity index (χ1n) is 7.33. The molecule has 1 aromatic rings. The fourth-order valence-electron chi connectivity index (χ4n) is 2.69. The number of nitrogens with zero attached hydrogens (tertiary/aromatic N) is 4. The van der Waals surface area contributed by atoms with Crippen molar-refractivity contribution in [3.05, 3.63) is 16.4 Å². The molecule has 0 aliphatic carbocycles. The Morgan fingerprint density at radius 2 is 2.24 bits per heavy atom. The highest BCUT2D eigenvalue weighted by Gasteiger charge is 2.31. The lowest BCUT2D eigenvalue weighted by molar-refractivity contribution is -0.135. The molecule has 1 saturated heterocycles. The Morgan fingerprint density at radius 1 is 1.52 bits per heavy atom. The lowest BCUT2D eigenvalue weighted by Gasteiger charge is -2.36. The van der Waals surface area contributed by atoms with E-state index in [9.17, 15) is 4.79 Å². The summed E-state index contributed by atoms with van der Waals surface area (Å²) in [6.07, 6.45) is 0. The van der Waals surface area contributed by atoms with Crippen molar-refractivity contribution in [3.8, 4) is 0 Å². The summed E-state index contributed by atoms with van der Waals surface area (Å²) in [5.41, 5.74) is 1.84. The minimum atomic E-state index is -0.148. The van der Waals surface area contributed by atoms with Crippen molar-refractivity contribution in [2.24, 2.45) is 0 Å². The molecule has 0 aromatic carbocycles. The normalized spacial score (nSPS) is 19.8. The van der Waals surface area contributed by atoms with E-state index in [-0.39, 0.29) is 11.9 Å². The van der Waals surface area contributed by atoms with Gasteiger partial charge in [-0.15, -0.1) is 0 Å². The zero-order valence-electron chi connectivity index (χ0n) is 13.2. The van der Waals surface area contributed by atoms with Crippen LogP contribution in [-0.2, 0) is 17.9 Å². The number of halogens is 1. The molecule has 1 aliphatic rings. The van der Waals surface area contributed by atoms with Crippen LogP contribution in [0.25, 0.3) is 0 Å². The van der Waals surface area contributed by atoms with E-state index in [1.54, 1.807) is 19.0 Å². The van der Waals surface area contributed by atoms with Crippen molar-refractivity contribution < 1.29 is 4.79 Å². The number of hydrogen-bond acceptors (Lipinski definition) is 4. The summed E-state index contributed by atoms with van der Waals surface area (Å²) in [5, 5.41) is 8.45. The number of carbonyl (C=O) groups is 1. The number of aryl methyl sites for hydroxylation is 2. The maximum Gasteiger partial charge on any atom is 0.240 e. The number of likely N-dealkylation sites (N-methyl/N-ethyl adjacent to an activating group) is 1. The third-order valence-electron chi connectivity index (χ3n) is 3.89. The Morgan fingerprint density at radius 3 is 2.86 bits per heavy atom. The predicted octanol–water partition coefficient (Wildman–Crippen LogP) is 0.727. The summed E-state index contributed by atoms with van der Waals surface area (Å²) in [5.74, 6) is 0.123. The molecule has 6 nitrogen and oxygen atoms in total. The Balaban J connectivity index is 2.22. The van der Waals surface area contributed by atoms with E-state index in [4.69, 9.17) is 11.6 Å². The van der Waals surface area contributed by atoms with Crippen LogP contribution in [0, 0.1) is 6.92 Å². The number of aromatic nitrogens is 2. The third-order valence-corrected chi connectivity index (χ3v) is 4.38. The van der Waals surface area contributed by atoms with Gasteiger partial charge in [0.05, 0.1) is 16.4 Å². The highest BCUT2D eigenvalue weighted by molar-refractivity contribution is 6.31. The quantitative estimate of drug-likeness (QED) is 0.890. The van der Waals surface area contributed by atoms with Crippen LogP contribution in [-0.4, -0.2) is 65.3 Å². The molecule has 118 valence electrons. The Kier molecular flexibility index (Phi) is 5.24. The Labute approximate surface area is 131 Å². The molecule has 2 rings (SSSR count). The predicted molar refractivity (Wildman–Crippen MR) is 83.4 cm³/mol. The van der Waals surface area contributed by atoms with Gasteiger partial charge in [-0.25, -0.2) is 0 Å². The molecule has 7 heteroatoms. The molecule has 1 atom stereocenters. The number of amides is 1. The van der Waals surface area contributed by atoms with Crippen LogP contribution in [0.15, 0.2) is 0 Å². The van der Waals surface area contributed by atoms with Crippen LogP contribution in [0.1, 0.15) is 18.3 Å². The van der Waals surface area contributed by atoms with E-state index in [1.807, 2.05) is 18.5 Å². The average molecular weight is 314 g/mol. The second-order valence-corrected chi connectivity index (χ2v) is 5.96. The van der Waals surface area contributed by atoms with E-state index in [2.05, 4.69) is 15.3 Å².